The molecule has 0 bridgehead atoms. The van der Waals surface area contributed by atoms with Gasteiger partial charge < -0.3 is 0 Å². The van der Waals surface area contributed by atoms with Gasteiger partial charge in [-0.1, -0.05) is 5.21 Å². The molecule has 0 amide bonds. The Balaban J connectivity index is 2.55. The third-order valence-electron chi connectivity index (χ3n) is 2.19. The van der Waals surface area contributed by atoms with Crippen molar-refractivity contribution in [2.45, 2.75) is 19.2 Å². The van der Waals surface area contributed by atoms with E-state index in [2.05, 4.69) is 15.3 Å². The van der Waals surface area contributed by atoms with Gasteiger partial charge >= 0.3 is 0 Å². The van der Waals surface area contributed by atoms with Crippen molar-refractivity contribution in [1.29, 1.82) is 0 Å². The molecule has 0 aliphatic rings. The van der Waals surface area contributed by atoms with Crippen molar-refractivity contribution in [3.05, 3.63) is 35.9 Å². The van der Waals surface area contributed by atoms with Crippen molar-refractivity contribution in [3.63, 3.8) is 0 Å². The normalized spacial score (nSPS) is 12.7. The number of nitrogens with zero attached hydrogens (tertiary/aromatic N) is 4. The van der Waals surface area contributed by atoms with E-state index in [1.165, 1.54) is 0 Å². The quantitative estimate of drug-likeness (QED) is 0.733. The molecular weight excluding hydrogens is 212 g/mol. The predicted molar refractivity (Wildman–Crippen MR) is 58.2 cm³/mol. The van der Waals surface area contributed by atoms with Crippen LogP contribution in [-0.2, 0) is 0 Å². The van der Waals surface area contributed by atoms with Crippen LogP contribution in [0.2, 0.25) is 0 Å². The Morgan fingerprint density at radius 2 is 2.27 bits per heavy atom. The first-order valence-electron chi connectivity index (χ1n) is 4.67. The van der Waals surface area contributed by atoms with E-state index in [0.717, 1.165) is 17.1 Å². The van der Waals surface area contributed by atoms with E-state index in [4.69, 9.17) is 11.6 Å². The van der Waals surface area contributed by atoms with E-state index in [1.54, 1.807) is 17.1 Å². The molecule has 4 nitrogen and oxygen atoms in total. The van der Waals surface area contributed by atoms with Crippen molar-refractivity contribution in [1.82, 2.24) is 20.0 Å². The van der Waals surface area contributed by atoms with Crippen LogP contribution in [0.4, 0.5) is 0 Å². The van der Waals surface area contributed by atoms with Gasteiger partial charge in [0.2, 0.25) is 0 Å². The minimum Gasteiger partial charge on any atom is -0.259 e. The Kier molecular flexibility index (Phi) is 2.68. The number of rotatable bonds is 2. The molecule has 0 aromatic carbocycles. The standard InChI is InChI=1S/C10H11ClN4/c1-7(11)10-6-13-14-15(10)9-4-3-5-12-8(9)2/h3-7H,1-2H3. The third kappa shape index (κ3) is 1.85. The van der Waals surface area contributed by atoms with Crippen LogP contribution in [0, 0.1) is 6.92 Å². The molecule has 0 saturated carbocycles. The summed E-state index contributed by atoms with van der Waals surface area (Å²) in [6, 6.07) is 3.81. The van der Waals surface area contributed by atoms with Crippen LogP contribution in [-0.4, -0.2) is 20.0 Å². The summed E-state index contributed by atoms with van der Waals surface area (Å²) < 4.78 is 1.72. The lowest BCUT2D eigenvalue weighted by Gasteiger charge is -2.08. The Bertz CT molecular complexity index is 464. The predicted octanol–water partition coefficient (Wildman–Crippen LogP) is 2.27. The number of hydrogen-bond donors (Lipinski definition) is 0. The molecule has 2 aromatic heterocycles. The highest BCUT2D eigenvalue weighted by atomic mass is 35.5. The Labute approximate surface area is 92.9 Å². The van der Waals surface area contributed by atoms with Crippen LogP contribution in [0.3, 0.4) is 0 Å². The van der Waals surface area contributed by atoms with Gasteiger partial charge in [0.05, 0.1) is 28.6 Å². The highest BCUT2D eigenvalue weighted by Crippen LogP contribution is 2.21. The van der Waals surface area contributed by atoms with Gasteiger partial charge in [0.25, 0.3) is 0 Å². The van der Waals surface area contributed by atoms with E-state index < -0.39 is 0 Å². The van der Waals surface area contributed by atoms with Gasteiger partial charge in [-0.15, -0.1) is 16.7 Å². The molecule has 0 aliphatic carbocycles. The van der Waals surface area contributed by atoms with Gasteiger partial charge in [-0.2, -0.15) is 0 Å². The molecule has 1 unspecified atom stereocenters. The van der Waals surface area contributed by atoms with E-state index in [9.17, 15) is 0 Å². The molecule has 78 valence electrons. The molecular formula is C10H11ClN4. The van der Waals surface area contributed by atoms with Crippen LogP contribution in [0.1, 0.15) is 23.7 Å². The van der Waals surface area contributed by atoms with Gasteiger partial charge in [0.1, 0.15) is 0 Å². The summed E-state index contributed by atoms with van der Waals surface area (Å²) in [5, 5.41) is 7.75. The number of hydrogen-bond acceptors (Lipinski definition) is 3. The summed E-state index contributed by atoms with van der Waals surface area (Å²) in [5.41, 5.74) is 2.69. The lowest BCUT2D eigenvalue weighted by atomic mass is 10.3. The van der Waals surface area contributed by atoms with Crippen molar-refractivity contribution in [2.75, 3.05) is 0 Å². The van der Waals surface area contributed by atoms with Crippen LogP contribution >= 0.6 is 11.6 Å². The topological polar surface area (TPSA) is 43.6 Å². The zero-order valence-corrected chi connectivity index (χ0v) is 9.31. The molecule has 1 atom stereocenters. The van der Waals surface area contributed by atoms with Gasteiger partial charge in [-0.3, -0.25) is 4.98 Å². The van der Waals surface area contributed by atoms with Crippen LogP contribution in [0.5, 0.6) is 0 Å². The first kappa shape index (κ1) is 10.1. The zero-order valence-electron chi connectivity index (χ0n) is 8.55. The number of halogens is 1. The van der Waals surface area contributed by atoms with Gasteiger partial charge in [0, 0.05) is 6.20 Å². The summed E-state index contributed by atoms with van der Waals surface area (Å²) in [7, 11) is 0. The molecule has 5 heteroatoms. The van der Waals surface area contributed by atoms with E-state index in [-0.39, 0.29) is 5.38 Å². The van der Waals surface area contributed by atoms with Gasteiger partial charge in [-0.05, 0) is 26.0 Å². The fourth-order valence-corrected chi connectivity index (χ4v) is 1.55. The van der Waals surface area contributed by atoms with Gasteiger partial charge in [-0.25, -0.2) is 4.68 Å². The minimum atomic E-state index is -0.125. The third-order valence-corrected chi connectivity index (χ3v) is 2.41. The minimum absolute atomic E-state index is 0.125. The maximum Gasteiger partial charge on any atom is 0.0879 e. The second-order valence-electron chi connectivity index (χ2n) is 3.29. The molecule has 0 radical (unpaired) electrons. The van der Waals surface area contributed by atoms with E-state index in [1.807, 2.05) is 26.0 Å². The van der Waals surface area contributed by atoms with Crippen molar-refractivity contribution >= 4 is 11.6 Å². The SMILES string of the molecule is Cc1ncccc1-n1nncc1C(C)Cl. The highest BCUT2D eigenvalue weighted by molar-refractivity contribution is 6.20. The Hall–Kier alpha value is -1.42. The Morgan fingerprint density at radius 1 is 1.47 bits per heavy atom. The number of aryl methyl sites for hydroxylation is 1. The molecule has 0 fully saturated rings. The molecule has 2 aromatic rings. The lowest BCUT2D eigenvalue weighted by molar-refractivity contribution is 0.752. The first-order chi connectivity index (χ1) is 7.20. The van der Waals surface area contributed by atoms with Crippen molar-refractivity contribution < 1.29 is 0 Å². The summed E-state index contributed by atoms with van der Waals surface area (Å²) >= 11 is 6.03. The number of pyridine rings is 1. The fourth-order valence-electron chi connectivity index (χ4n) is 1.40. The molecule has 2 rings (SSSR count). The summed E-state index contributed by atoms with van der Waals surface area (Å²) in [6.07, 6.45) is 3.42. The van der Waals surface area contributed by atoms with Crippen LogP contribution < -0.4 is 0 Å². The average Bonchev–Trinajstić information content (AvgIpc) is 2.67. The lowest BCUT2D eigenvalue weighted by Crippen LogP contribution is -2.05. The average molecular weight is 223 g/mol. The number of alkyl halides is 1. The van der Waals surface area contributed by atoms with E-state index >= 15 is 0 Å². The molecule has 2 heterocycles. The zero-order chi connectivity index (χ0) is 10.8. The second kappa shape index (κ2) is 3.98. The summed E-state index contributed by atoms with van der Waals surface area (Å²) in [6.45, 7) is 3.82. The highest BCUT2D eigenvalue weighted by Gasteiger charge is 2.12. The smallest absolute Gasteiger partial charge is 0.0879 e. The summed E-state index contributed by atoms with van der Waals surface area (Å²) in [4.78, 5) is 4.20. The van der Waals surface area contributed by atoms with Crippen molar-refractivity contribution in [3.8, 4) is 5.69 Å². The Morgan fingerprint density at radius 3 is 2.93 bits per heavy atom. The molecule has 0 spiro atoms. The molecule has 0 saturated heterocycles. The fraction of sp³-hybridized carbons (Fsp3) is 0.300. The monoisotopic (exact) mass is 222 g/mol. The molecule has 15 heavy (non-hydrogen) atoms. The molecule has 0 aliphatic heterocycles. The first-order valence-corrected chi connectivity index (χ1v) is 5.10. The van der Waals surface area contributed by atoms with Crippen LogP contribution in [0.25, 0.3) is 5.69 Å². The second-order valence-corrected chi connectivity index (χ2v) is 3.95. The van der Waals surface area contributed by atoms with Crippen LogP contribution in [0.15, 0.2) is 24.5 Å². The van der Waals surface area contributed by atoms with E-state index in [0.29, 0.717) is 0 Å². The summed E-state index contributed by atoms with van der Waals surface area (Å²) in [5.74, 6) is 0. The van der Waals surface area contributed by atoms with Gasteiger partial charge in [0.15, 0.2) is 0 Å². The molecule has 0 N–H and O–H groups in total. The largest absolute Gasteiger partial charge is 0.259 e. The number of aromatic nitrogens is 4. The van der Waals surface area contributed by atoms with Crippen molar-refractivity contribution in [2.24, 2.45) is 0 Å². The maximum atomic E-state index is 6.03. The maximum absolute atomic E-state index is 6.03.